The maximum absolute atomic E-state index is 12.3. The number of carboxylic acids is 1. The zero-order chi connectivity index (χ0) is 18.0. The van der Waals surface area contributed by atoms with Crippen LogP contribution in [0.3, 0.4) is 0 Å². The van der Waals surface area contributed by atoms with E-state index in [4.69, 9.17) is 9.84 Å². The van der Waals surface area contributed by atoms with E-state index in [-0.39, 0.29) is 25.3 Å². The topological polar surface area (TPSA) is 112 Å². The van der Waals surface area contributed by atoms with Crippen LogP contribution in [0.4, 0.5) is 4.79 Å². The molecule has 1 aliphatic heterocycles. The van der Waals surface area contributed by atoms with Crippen molar-refractivity contribution in [2.75, 3.05) is 13.7 Å². The number of carbonyl (C=O) groups excluding carboxylic acids is 2. The number of ether oxygens (including phenoxy) is 1. The number of carboxylic acid groups (broad SMARTS) is 1. The van der Waals surface area contributed by atoms with Crippen LogP contribution >= 0.6 is 0 Å². The molecule has 0 spiro atoms. The first-order valence-electron chi connectivity index (χ1n) is 7.97. The predicted molar refractivity (Wildman–Crippen MR) is 89.5 cm³/mol. The highest BCUT2D eigenvalue weighted by Crippen LogP contribution is 2.24. The van der Waals surface area contributed by atoms with E-state index in [0.717, 1.165) is 27.1 Å². The lowest BCUT2D eigenvalue weighted by Crippen LogP contribution is -2.33. The highest BCUT2D eigenvalue weighted by molar-refractivity contribution is 6.04. The Bertz CT molecular complexity index is 829. The molecule has 2 heterocycles. The number of amides is 3. The van der Waals surface area contributed by atoms with E-state index in [9.17, 15) is 14.4 Å². The van der Waals surface area contributed by atoms with Crippen molar-refractivity contribution < 1.29 is 24.2 Å². The second kappa shape index (κ2) is 6.84. The Balaban J connectivity index is 1.68. The number of aliphatic carboxylic acids is 1. The van der Waals surface area contributed by atoms with Crippen LogP contribution < -0.4 is 10.1 Å². The number of benzene rings is 1. The normalized spacial score (nSPS) is 17.2. The predicted octanol–water partition coefficient (Wildman–Crippen LogP) is 1.50. The lowest BCUT2D eigenvalue weighted by molar-refractivity contribution is -0.137. The van der Waals surface area contributed by atoms with Crippen LogP contribution in [0.2, 0.25) is 0 Å². The average Bonchev–Trinajstić information content (AvgIpc) is 3.11. The molecule has 8 nitrogen and oxygen atoms in total. The number of hydrogen-bond acceptors (Lipinski definition) is 4. The molecule has 1 saturated heterocycles. The van der Waals surface area contributed by atoms with Gasteiger partial charge < -0.3 is 20.1 Å². The average molecular weight is 345 g/mol. The summed E-state index contributed by atoms with van der Waals surface area (Å²) in [6.45, 7) is 0.235. The van der Waals surface area contributed by atoms with Crippen LogP contribution in [0.5, 0.6) is 5.75 Å². The first-order chi connectivity index (χ1) is 12.0. The SMILES string of the molecule is COc1ccc2[nH]cc(CCN3C(=O)N[C@H](CCC(=O)O)C3=O)c2c1. The molecule has 0 aliphatic carbocycles. The van der Waals surface area contributed by atoms with Gasteiger partial charge in [0.15, 0.2) is 0 Å². The van der Waals surface area contributed by atoms with Crippen molar-refractivity contribution in [3.63, 3.8) is 0 Å². The molecule has 25 heavy (non-hydrogen) atoms. The fourth-order valence-corrected chi connectivity index (χ4v) is 2.98. The van der Waals surface area contributed by atoms with E-state index in [1.54, 1.807) is 7.11 Å². The van der Waals surface area contributed by atoms with Crippen LogP contribution in [0, 0.1) is 0 Å². The highest BCUT2D eigenvalue weighted by atomic mass is 16.5. The third-order valence-corrected chi connectivity index (χ3v) is 4.33. The Labute approximate surface area is 143 Å². The van der Waals surface area contributed by atoms with Crippen LogP contribution in [-0.2, 0) is 16.0 Å². The van der Waals surface area contributed by atoms with Gasteiger partial charge in [0.1, 0.15) is 11.8 Å². The maximum atomic E-state index is 12.3. The maximum Gasteiger partial charge on any atom is 0.324 e. The van der Waals surface area contributed by atoms with E-state index in [0.29, 0.717) is 6.42 Å². The molecule has 1 aromatic heterocycles. The van der Waals surface area contributed by atoms with Gasteiger partial charge in [-0.15, -0.1) is 0 Å². The molecule has 0 radical (unpaired) electrons. The molecule has 132 valence electrons. The molecule has 3 N–H and O–H groups in total. The number of aromatic amines is 1. The number of rotatable bonds is 7. The molecular formula is C17H19N3O5. The van der Waals surface area contributed by atoms with Crippen LogP contribution in [0.25, 0.3) is 10.9 Å². The fraction of sp³-hybridized carbons (Fsp3) is 0.353. The van der Waals surface area contributed by atoms with Crippen molar-refractivity contribution in [3.05, 3.63) is 30.0 Å². The van der Waals surface area contributed by atoms with E-state index in [2.05, 4.69) is 10.3 Å². The van der Waals surface area contributed by atoms with E-state index in [1.807, 2.05) is 24.4 Å². The number of fused-ring (bicyclic) bond motifs is 1. The number of nitrogens with one attached hydrogen (secondary N) is 2. The van der Waals surface area contributed by atoms with Crippen molar-refractivity contribution in [3.8, 4) is 5.75 Å². The van der Waals surface area contributed by atoms with Gasteiger partial charge in [0.05, 0.1) is 7.11 Å². The molecular weight excluding hydrogens is 326 g/mol. The number of hydrogen-bond donors (Lipinski definition) is 3. The van der Waals surface area contributed by atoms with Crippen molar-refractivity contribution in [2.24, 2.45) is 0 Å². The number of carbonyl (C=O) groups is 3. The fourth-order valence-electron chi connectivity index (χ4n) is 2.98. The van der Waals surface area contributed by atoms with Gasteiger partial charge in [0, 0.05) is 30.1 Å². The second-order valence-electron chi connectivity index (χ2n) is 5.90. The Morgan fingerprint density at radius 2 is 2.16 bits per heavy atom. The van der Waals surface area contributed by atoms with Gasteiger partial charge in [0.2, 0.25) is 0 Å². The molecule has 0 unspecified atom stereocenters. The van der Waals surface area contributed by atoms with Crippen molar-refractivity contribution >= 4 is 28.8 Å². The molecule has 3 amide bonds. The summed E-state index contributed by atoms with van der Waals surface area (Å²) in [7, 11) is 1.60. The lowest BCUT2D eigenvalue weighted by atomic mass is 10.1. The van der Waals surface area contributed by atoms with E-state index < -0.39 is 18.0 Å². The molecule has 0 saturated carbocycles. The van der Waals surface area contributed by atoms with E-state index >= 15 is 0 Å². The number of methoxy groups -OCH3 is 1. The van der Waals surface area contributed by atoms with E-state index in [1.165, 1.54) is 0 Å². The molecule has 1 aliphatic rings. The molecule has 3 rings (SSSR count). The summed E-state index contributed by atoms with van der Waals surface area (Å²) in [6, 6.07) is 4.44. The minimum absolute atomic E-state index is 0.0979. The molecule has 0 bridgehead atoms. The molecule has 1 atom stereocenters. The standard InChI is InChI=1S/C17H19N3O5/c1-25-11-2-3-13-12(8-11)10(9-18-13)6-7-20-16(23)14(19-17(20)24)4-5-15(21)22/h2-3,8-9,14,18H,4-7H2,1H3,(H,19,24)(H,21,22)/t14-/m1/s1. The summed E-state index contributed by atoms with van der Waals surface area (Å²) < 4.78 is 5.23. The Morgan fingerprint density at radius 1 is 1.36 bits per heavy atom. The first-order valence-corrected chi connectivity index (χ1v) is 7.97. The summed E-state index contributed by atoms with van der Waals surface area (Å²) in [5.74, 6) is -0.631. The number of H-pyrrole nitrogens is 1. The Kier molecular flexibility index (Phi) is 4.60. The summed E-state index contributed by atoms with van der Waals surface area (Å²) in [6.07, 6.45) is 2.29. The summed E-state index contributed by atoms with van der Waals surface area (Å²) in [4.78, 5) is 39.2. The first kappa shape index (κ1) is 16.8. The van der Waals surface area contributed by atoms with Gasteiger partial charge in [-0.05, 0) is 36.6 Å². The largest absolute Gasteiger partial charge is 0.497 e. The Morgan fingerprint density at radius 3 is 2.88 bits per heavy atom. The third kappa shape index (κ3) is 3.42. The smallest absolute Gasteiger partial charge is 0.324 e. The summed E-state index contributed by atoms with van der Waals surface area (Å²) in [5.41, 5.74) is 1.93. The minimum atomic E-state index is -0.992. The quantitative estimate of drug-likeness (QED) is 0.659. The van der Waals surface area contributed by atoms with Gasteiger partial charge in [-0.3, -0.25) is 14.5 Å². The highest BCUT2D eigenvalue weighted by Gasteiger charge is 2.37. The Hall–Kier alpha value is -3.03. The zero-order valence-electron chi connectivity index (χ0n) is 13.7. The van der Waals surface area contributed by atoms with Gasteiger partial charge in [-0.1, -0.05) is 0 Å². The number of nitrogens with zero attached hydrogens (tertiary/aromatic N) is 1. The van der Waals surface area contributed by atoms with Crippen LogP contribution in [-0.4, -0.2) is 52.6 Å². The molecule has 2 aromatic rings. The summed E-state index contributed by atoms with van der Waals surface area (Å²) in [5, 5.41) is 12.2. The minimum Gasteiger partial charge on any atom is -0.497 e. The number of urea groups is 1. The molecule has 8 heteroatoms. The van der Waals surface area contributed by atoms with Gasteiger partial charge in [-0.25, -0.2) is 4.79 Å². The molecule has 1 aromatic carbocycles. The number of imide groups is 1. The van der Waals surface area contributed by atoms with Crippen LogP contribution in [0.15, 0.2) is 24.4 Å². The van der Waals surface area contributed by atoms with Gasteiger partial charge in [-0.2, -0.15) is 0 Å². The van der Waals surface area contributed by atoms with Gasteiger partial charge in [0.25, 0.3) is 5.91 Å². The zero-order valence-corrected chi connectivity index (χ0v) is 13.7. The van der Waals surface area contributed by atoms with Crippen molar-refractivity contribution in [1.82, 2.24) is 15.2 Å². The third-order valence-electron chi connectivity index (χ3n) is 4.33. The summed E-state index contributed by atoms with van der Waals surface area (Å²) >= 11 is 0. The molecule has 1 fully saturated rings. The van der Waals surface area contributed by atoms with Crippen LogP contribution in [0.1, 0.15) is 18.4 Å². The van der Waals surface area contributed by atoms with Crippen molar-refractivity contribution in [2.45, 2.75) is 25.3 Å². The monoisotopic (exact) mass is 345 g/mol. The number of aromatic nitrogens is 1. The second-order valence-corrected chi connectivity index (χ2v) is 5.90. The van der Waals surface area contributed by atoms with Crippen molar-refractivity contribution in [1.29, 1.82) is 0 Å². The lowest BCUT2D eigenvalue weighted by Gasteiger charge is -2.12. The van der Waals surface area contributed by atoms with Gasteiger partial charge >= 0.3 is 12.0 Å².